The van der Waals surface area contributed by atoms with E-state index < -0.39 is 4.92 Å². The summed E-state index contributed by atoms with van der Waals surface area (Å²) < 4.78 is 12.7. The molecule has 0 amide bonds. The van der Waals surface area contributed by atoms with Gasteiger partial charge in [0.25, 0.3) is 0 Å². The summed E-state index contributed by atoms with van der Waals surface area (Å²) in [6.07, 6.45) is 1.44. The Labute approximate surface area is 147 Å². The summed E-state index contributed by atoms with van der Waals surface area (Å²) in [4.78, 5) is 19.0. The monoisotopic (exact) mass is 350 g/mol. The van der Waals surface area contributed by atoms with Crippen LogP contribution in [0, 0.1) is 17.0 Å². The van der Waals surface area contributed by atoms with Crippen molar-refractivity contribution in [3.63, 3.8) is 0 Å². The number of aryl methyl sites for hydroxylation is 2. The Morgan fingerprint density at radius 1 is 1.19 bits per heavy atom. The zero-order valence-electron chi connectivity index (χ0n) is 14.0. The number of aliphatic imine (C=N–C) groups is 1. The molecule has 8 heteroatoms. The number of hydrogen-bond acceptors (Lipinski definition) is 6. The molecule has 8 nitrogen and oxygen atoms in total. The molecule has 0 N–H and O–H groups in total. The van der Waals surface area contributed by atoms with Crippen LogP contribution in [0.4, 0.5) is 11.6 Å². The van der Waals surface area contributed by atoms with Gasteiger partial charge in [-0.15, -0.1) is 0 Å². The van der Waals surface area contributed by atoms with Gasteiger partial charge in [-0.25, -0.2) is 4.98 Å². The van der Waals surface area contributed by atoms with Crippen molar-refractivity contribution >= 4 is 28.8 Å². The fourth-order valence-corrected chi connectivity index (χ4v) is 2.69. The van der Waals surface area contributed by atoms with Gasteiger partial charge in [0.2, 0.25) is 0 Å². The van der Waals surface area contributed by atoms with Gasteiger partial charge in [-0.2, -0.15) is 0 Å². The Morgan fingerprint density at radius 3 is 2.73 bits per heavy atom. The number of imidazole rings is 1. The van der Waals surface area contributed by atoms with Crippen LogP contribution in [0.25, 0.3) is 22.6 Å². The van der Waals surface area contributed by atoms with E-state index in [4.69, 9.17) is 8.83 Å². The maximum atomic E-state index is 10.6. The lowest BCUT2D eigenvalue weighted by Gasteiger charge is -1.99. The van der Waals surface area contributed by atoms with Crippen LogP contribution in [-0.2, 0) is 7.05 Å². The van der Waals surface area contributed by atoms with Crippen molar-refractivity contribution in [1.82, 2.24) is 9.55 Å². The van der Waals surface area contributed by atoms with Gasteiger partial charge < -0.3 is 13.4 Å². The fraction of sp³-hybridized carbons (Fsp3) is 0.111. The number of rotatable bonds is 4. The number of benzene rings is 1. The number of fused-ring (bicyclic) bond motifs is 1. The number of aromatic nitrogens is 2. The SMILES string of the molecule is Cc1ccc(-c2nc3cc(N=Cc4ccc([N+](=O)[O-])o4)ccc3n2C)o1. The van der Waals surface area contributed by atoms with E-state index in [-0.39, 0.29) is 5.88 Å². The quantitative estimate of drug-likeness (QED) is 0.309. The minimum absolute atomic E-state index is 0.310. The first kappa shape index (κ1) is 15.8. The van der Waals surface area contributed by atoms with Crippen molar-refractivity contribution < 1.29 is 13.8 Å². The van der Waals surface area contributed by atoms with E-state index in [0.29, 0.717) is 17.2 Å². The fourth-order valence-electron chi connectivity index (χ4n) is 2.69. The Kier molecular flexibility index (Phi) is 3.65. The molecule has 0 bridgehead atoms. The van der Waals surface area contributed by atoms with Gasteiger partial charge in [-0.05, 0) is 43.3 Å². The maximum Gasteiger partial charge on any atom is 0.433 e. The molecule has 0 fully saturated rings. The second-order valence-corrected chi connectivity index (χ2v) is 5.77. The highest BCUT2D eigenvalue weighted by molar-refractivity contribution is 5.85. The van der Waals surface area contributed by atoms with Crippen molar-refractivity contribution in [2.75, 3.05) is 0 Å². The molecule has 4 rings (SSSR count). The van der Waals surface area contributed by atoms with Crippen LogP contribution in [0.2, 0.25) is 0 Å². The van der Waals surface area contributed by atoms with E-state index in [0.717, 1.165) is 22.6 Å². The summed E-state index contributed by atoms with van der Waals surface area (Å²) in [5.74, 6) is 2.25. The summed E-state index contributed by atoms with van der Waals surface area (Å²) >= 11 is 0. The molecule has 0 atom stereocenters. The van der Waals surface area contributed by atoms with Crippen LogP contribution in [0.5, 0.6) is 0 Å². The van der Waals surface area contributed by atoms with Crippen molar-refractivity contribution in [2.24, 2.45) is 12.0 Å². The standard InChI is InChI=1S/C18H14N4O4/c1-11-3-7-16(25-11)18-20-14-9-12(4-6-15(14)21(18)2)19-10-13-5-8-17(26-13)22(23)24/h3-10H,1-2H3. The molecule has 3 heterocycles. The predicted molar refractivity (Wildman–Crippen MR) is 95.8 cm³/mol. The Bertz CT molecular complexity index is 1150. The predicted octanol–water partition coefficient (Wildman–Crippen LogP) is 4.39. The lowest BCUT2D eigenvalue weighted by atomic mass is 10.3. The summed E-state index contributed by atoms with van der Waals surface area (Å²) in [6.45, 7) is 1.89. The topological polar surface area (TPSA) is 99.6 Å². The van der Waals surface area contributed by atoms with Crippen LogP contribution in [0.1, 0.15) is 11.5 Å². The molecule has 1 aromatic carbocycles. The van der Waals surface area contributed by atoms with E-state index in [9.17, 15) is 10.1 Å². The molecule has 130 valence electrons. The Morgan fingerprint density at radius 2 is 2.04 bits per heavy atom. The first-order chi connectivity index (χ1) is 12.5. The normalized spacial score (nSPS) is 11.6. The average molecular weight is 350 g/mol. The summed E-state index contributed by atoms with van der Waals surface area (Å²) in [5.41, 5.74) is 2.38. The van der Waals surface area contributed by atoms with E-state index in [2.05, 4.69) is 9.98 Å². The molecule has 0 saturated carbocycles. The zero-order valence-corrected chi connectivity index (χ0v) is 14.0. The minimum atomic E-state index is -0.588. The zero-order chi connectivity index (χ0) is 18.3. The lowest BCUT2D eigenvalue weighted by Crippen LogP contribution is -1.90. The van der Waals surface area contributed by atoms with Crippen LogP contribution in [-0.4, -0.2) is 20.7 Å². The van der Waals surface area contributed by atoms with E-state index in [1.165, 1.54) is 18.3 Å². The molecule has 0 aliphatic heterocycles. The second kappa shape index (κ2) is 5.99. The molecule has 4 aromatic rings. The highest BCUT2D eigenvalue weighted by Crippen LogP contribution is 2.27. The van der Waals surface area contributed by atoms with Gasteiger partial charge >= 0.3 is 5.88 Å². The molecule has 0 aliphatic carbocycles. The number of hydrogen-bond donors (Lipinski definition) is 0. The highest BCUT2D eigenvalue weighted by atomic mass is 16.6. The van der Waals surface area contributed by atoms with E-state index in [1.807, 2.05) is 48.9 Å². The van der Waals surface area contributed by atoms with Crippen LogP contribution < -0.4 is 0 Å². The third kappa shape index (κ3) is 2.77. The Hall–Kier alpha value is -3.68. The highest BCUT2D eigenvalue weighted by Gasteiger charge is 2.13. The Balaban J connectivity index is 1.67. The van der Waals surface area contributed by atoms with Crippen LogP contribution in [0.3, 0.4) is 0 Å². The molecule has 0 unspecified atom stereocenters. The maximum absolute atomic E-state index is 10.6. The molecule has 26 heavy (non-hydrogen) atoms. The lowest BCUT2D eigenvalue weighted by molar-refractivity contribution is -0.402. The van der Waals surface area contributed by atoms with Crippen LogP contribution >= 0.6 is 0 Å². The van der Waals surface area contributed by atoms with Crippen molar-refractivity contribution in [1.29, 1.82) is 0 Å². The van der Waals surface area contributed by atoms with E-state index >= 15 is 0 Å². The molecular weight excluding hydrogens is 336 g/mol. The van der Waals surface area contributed by atoms with E-state index in [1.54, 1.807) is 0 Å². The first-order valence-electron chi connectivity index (χ1n) is 7.83. The smallest absolute Gasteiger partial charge is 0.433 e. The number of nitrogens with zero attached hydrogens (tertiary/aromatic N) is 4. The summed E-state index contributed by atoms with van der Waals surface area (Å²) in [6, 6.07) is 12.2. The third-order valence-corrected chi connectivity index (χ3v) is 3.96. The van der Waals surface area contributed by atoms with Crippen molar-refractivity contribution in [3.8, 4) is 11.6 Å². The molecule has 0 aliphatic rings. The van der Waals surface area contributed by atoms with Gasteiger partial charge in [-0.1, -0.05) is 0 Å². The van der Waals surface area contributed by atoms with Gasteiger partial charge in [-0.3, -0.25) is 15.1 Å². The van der Waals surface area contributed by atoms with Gasteiger partial charge in [0.15, 0.2) is 17.3 Å². The molecular formula is C18H14N4O4. The van der Waals surface area contributed by atoms with Gasteiger partial charge in [0, 0.05) is 7.05 Å². The molecule has 0 saturated heterocycles. The molecule has 0 spiro atoms. The number of nitro groups is 1. The van der Waals surface area contributed by atoms with Crippen LogP contribution in [0.15, 0.2) is 56.3 Å². The van der Waals surface area contributed by atoms with Crippen molar-refractivity contribution in [2.45, 2.75) is 6.92 Å². The molecule has 3 aromatic heterocycles. The summed E-state index contributed by atoms with van der Waals surface area (Å²) in [7, 11) is 1.92. The second-order valence-electron chi connectivity index (χ2n) is 5.77. The van der Waals surface area contributed by atoms with Gasteiger partial charge in [0.05, 0.1) is 29.0 Å². The number of furan rings is 2. The summed E-state index contributed by atoms with van der Waals surface area (Å²) in [5, 5.41) is 10.6. The average Bonchev–Trinajstić information content (AvgIpc) is 3.32. The largest absolute Gasteiger partial charge is 0.458 e. The minimum Gasteiger partial charge on any atom is -0.458 e. The van der Waals surface area contributed by atoms with Crippen molar-refractivity contribution in [3.05, 3.63) is 64.1 Å². The van der Waals surface area contributed by atoms with Gasteiger partial charge in [0.1, 0.15) is 10.7 Å². The molecule has 0 radical (unpaired) electrons. The first-order valence-corrected chi connectivity index (χ1v) is 7.83. The third-order valence-electron chi connectivity index (χ3n) is 3.96.